The van der Waals surface area contributed by atoms with Gasteiger partial charge in [0.25, 0.3) is 0 Å². The summed E-state index contributed by atoms with van der Waals surface area (Å²) in [5.41, 5.74) is 6.71. The highest BCUT2D eigenvalue weighted by atomic mass is 32.2. The number of nitrogens with two attached hydrogens (primary N) is 1. The fraction of sp³-hybridized carbons (Fsp3) is 0.538. The quantitative estimate of drug-likeness (QED) is 0.794. The zero-order chi connectivity index (χ0) is 12.8. The van der Waals surface area contributed by atoms with Crippen molar-refractivity contribution in [1.29, 1.82) is 0 Å². The first-order chi connectivity index (χ1) is 8.12. The van der Waals surface area contributed by atoms with Crippen LogP contribution in [0.3, 0.4) is 0 Å². The third-order valence-electron chi connectivity index (χ3n) is 2.42. The van der Waals surface area contributed by atoms with Crippen molar-refractivity contribution in [2.45, 2.75) is 30.1 Å². The van der Waals surface area contributed by atoms with Gasteiger partial charge in [-0.15, -0.1) is 11.8 Å². The molecule has 0 bridgehead atoms. The Kier molecular flexibility index (Phi) is 5.82. The van der Waals surface area contributed by atoms with Crippen LogP contribution >= 0.6 is 11.8 Å². The molecule has 0 radical (unpaired) electrons. The lowest BCUT2D eigenvalue weighted by atomic mass is 10.1. The molecule has 0 aliphatic rings. The lowest BCUT2D eigenvalue weighted by Gasteiger charge is -2.16. The summed E-state index contributed by atoms with van der Waals surface area (Å²) in [5, 5.41) is 0.530. The van der Waals surface area contributed by atoms with Crippen LogP contribution in [0.4, 0.5) is 0 Å². The Labute approximate surface area is 108 Å². The molecule has 1 atom stereocenters. The van der Waals surface area contributed by atoms with Crippen LogP contribution in [-0.4, -0.2) is 26.0 Å². The van der Waals surface area contributed by atoms with Gasteiger partial charge in [-0.3, -0.25) is 0 Å². The molecule has 1 aromatic carbocycles. The second-order valence-corrected chi connectivity index (χ2v) is 5.66. The fourth-order valence-corrected chi connectivity index (χ4v) is 2.52. The van der Waals surface area contributed by atoms with E-state index in [2.05, 4.69) is 19.9 Å². The largest absolute Gasteiger partial charge is 0.496 e. The molecule has 0 saturated carbocycles. The molecule has 0 aliphatic heterocycles. The van der Waals surface area contributed by atoms with E-state index in [1.807, 2.05) is 12.1 Å². The minimum absolute atomic E-state index is 0.0676. The number of thioether (sulfide) groups is 1. The van der Waals surface area contributed by atoms with Gasteiger partial charge < -0.3 is 15.2 Å². The Balaban J connectivity index is 2.99. The summed E-state index contributed by atoms with van der Waals surface area (Å²) in [4.78, 5) is 1.15. The lowest BCUT2D eigenvalue weighted by molar-refractivity contribution is 0.110. The second-order valence-electron chi connectivity index (χ2n) is 4.04. The molecule has 0 fully saturated rings. The highest BCUT2D eigenvalue weighted by Crippen LogP contribution is 2.34. The zero-order valence-electron chi connectivity index (χ0n) is 10.9. The van der Waals surface area contributed by atoms with E-state index in [9.17, 15) is 0 Å². The summed E-state index contributed by atoms with van der Waals surface area (Å²) in [7, 11) is 3.36. The van der Waals surface area contributed by atoms with Gasteiger partial charge >= 0.3 is 0 Å². The van der Waals surface area contributed by atoms with E-state index in [0.717, 1.165) is 16.2 Å². The molecule has 1 unspecified atom stereocenters. The van der Waals surface area contributed by atoms with Crippen LogP contribution in [-0.2, 0) is 4.74 Å². The maximum atomic E-state index is 5.65. The summed E-state index contributed by atoms with van der Waals surface area (Å²) >= 11 is 1.79. The minimum Gasteiger partial charge on any atom is -0.496 e. The SMILES string of the molecule is COc1cc(C(CN)OC)ccc1SC(C)C. The smallest absolute Gasteiger partial charge is 0.132 e. The molecule has 17 heavy (non-hydrogen) atoms. The Morgan fingerprint density at radius 2 is 2.00 bits per heavy atom. The minimum atomic E-state index is -0.0676. The van der Waals surface area contributed by atoms with Crippen LogP contribution in [0.1, 0.15) is 25.5 Å². The third kappa shape index (κ3) is 3.91. The Bertz CT molecular complexity index is 351. The van der Waals surface area contributed by atoms with Crippen molar-refractivity contribution in [3.63, 3.8) is 0 Å². The van der Waals surface area contributed by atoms with Crippen molar-refractivity contribution < 1.29 is 9.47 Å². The van der Waals surface area contributed by atoms with Crippen LogP contribution in [0.5, 0.6) is 5.75 Å². The predicted octanol–water partition coefficient (Wildman–Crippen LogP) is 2.84. The van der Waals surface area contributed by atoms with E-state index in [0.29, 0.717) is 11.8 Å². The van der Waals surface area contributed by atoms with Gasteiger partial charge in [0.1, 0.15) is 5.75 Å². The molecule has 1 rings (SSSR count). The molecular formula is C13H21NO2S. The number of ether oxygens (including phenoxy) is 2. The fourth-order valence-electron chi connectivity index (χ4n) is 1.60. The topological polar surface area (TPSA) is 44.5 Å². The molecule has 1 aromatic rings. The maximum absolute atomic E-state index is 5.65. The van der Waals surface area contributed by atoms with Crippen LogP contribution in [0.2, 0.25) is 0 Å². The third-order valence-corrected chi connectivity index (χ3v) is 3.48. The summed E-state index contributed by atoms with van der Waals surface area (Å²) < 4.78 is 10.7. The lowest BCUT2D eigenvalue weighted by Crippen LogP contribution is -2.14. The number of hydrogen-bond donors (Lipinski definition) is 1. The van der Waals surface area contributed by atoms with E-state index in [1.54, 1.807) is 26.0 Å². The Morgan fingerprint density at radius 1 is 1.29 bits per heavy atom. The van der Waals surface area contributed by atoms with Gasteiger partial charge in [0.05, 0.1) is 13.2 Å². The number of hydrogen-bond acceptors (Lipinski definition) is 4. The molecule has 4 heteroatoms. The van der Waals surface area contributed by atoms with Gasteiger partial charge in [-0.2, -0.15) is 0 Å². The van der Waals surface area contributed by atoms with Crippen molar-refractivity contribution in [3.05, 3.63) is 23.8 Å². The molecule has 2 N–H and O–H groups in total. The average molecular weight is 255 g/mol. The van der Waals surface area contributed by atoms with Crippen molar-refractivity contribution >= 4 is 11.8 Å². The van der Waals surface area contributed by atoms with E-state index in [-0.39, 0.29) is 6.10 Å². The molecule has 0 heterocycles. The highest BCUT2D eigenvalue weighted by molar-refractivity contribution is 8.00. The summed E-state index contributed by atoms with van der Waals surface area (Å²) in [5.74, 6) is 0.886. The van der Waals surface area contributed by atoms with Gasteiger partial charge in [0, 0.05) is 23.8 Å². The molecule has 0 aliphatic carbocycles. The monoisotopic (exact) mass is 255 g/mol. The first kappa shape index (κ1) is 14.4. The van der Waals surface area contributed by atoms with Crippen LogP contribution < -0.4 is 10.5 Å². The second kappa shape index (κ2) is 6.89. The summed E-state index contributed by atoms with van der Waals surface area (Å²) in [6.45, 7) is 4.79. The Hall–Kier alpha value is -0.710. The zero-order valence-corrected chi connectivity index (χ0v) is 11.7. The van der Waals surface area contributed by atoms with Crippen molar-refractivity contribution in [1.82, 2.24) is 0 Å². The van der Waals surface area contributed by atoms with Crippen molar-refractivity contribution in [2.24, 2.45) is 5.73 Å². The van der Waals surface area contributed by atoms with Crippen molar-refractivity contribution in [2.75, 3.05) is 20.8 Å². The van der Waals surface area contributed by atoms with E-state index >= 15 is 0 Å². The normalized spacial score (nSPS) is 12.8. The molecular weight excluding hydrogens is 234 g/mol. The standard InChI is InChI=1S/C13H21NO2S/c1-9(2)17-13-6-5-10(7-11(13)15-3)12(8-14)16-4/h5-7,9,12H,8,14H2,1-4H3. The van der Waals surface area contributed by atoms with Gasteiger partial charge in [-0.25, -0.2) is 0 Å². The first-order valence-electron chi connectivity index (χ1n) is 5.69. The van der Waals surface area contributed by atoms with Crippen LogP contribution in [0.25, 0.3) is 0 Å². The van der Waals surface area contributed by atoms with E-state index in [1.165, 1.54) is 0 Å². The predicted molar refractivity (Wildman–Crippen MR) is 72.8 cm³/mol. The maximum Gasteiger partial charge on any atom is 0.132 e. The number of methoxy groups -OCH3 is 2. The number of rotatable bonds is 6. The first-order valence-corrected chi connectivity index (χ1v) is 6.57. The molecule has 0 saturated heterocycles. The van der Waals surface area contributed by atoms with Gasteiger partial charge in [0.2, 0.25) is 0 Å². The molecule has 3 nitrogen and oxygen atoms in total. The summed E-state index contributed by atoms with van der Waals surface area (Å²) in [6, 6.07) is 6.13. The summed E-state index contributed by atoms with van der Waals surface area (Å²) in [6.07, 6.45) is -0.0676. The highest BCUT2D eigenvalue weighted by Gasteiger charge is 2.12. The van der Waals surface area contributed by atoms with Gasteiger partial charge in [-0.1, -0.05) is 19.9 Å². The average Bonchev–Trinajstić information content (AvgIpc) is 2.31. The van der Waals surface area contributed by atoms with Gasteiger partial charge in [-0.05, 0) is 17.7 Å². The van der Waals surface area contributed by atoms with Crippen LogP contribution in [0.15, 0.2) is 23.1 Å². The Morgan fingerprint density at radius 3 is 2.47 bits per heavy atom. The van der Waals surface area contributed by atoms with E-state index in [4.69, 9.17) is 15.2 Å². The molecule has 0 spiro atoms. The van der Waals surface area contributed by atoms with Crippen LogP contribution in [0, 0.1) is 0 Å². The molecule has 96 valence electrons. The molecule has 0 amide bonds. The van der Waals surface area contributed by atoms with Gasteiger partial charge in [0.15, 0.2) is 0 Å². The van der Waals surface area contributed by atoms with Crippen molar-refractivity contribution in [3.8, 4) is 5.75 Å². The number of benzene rings is 1. The van der Waals surface area contributed by atoms with E-state index < -0.39 is 0 Å². The molecule has 0 aromatic heterocycles.